The summed E-state index contributed by atoms with van der Waals surface area (Å²) >= 11 is 1.20. The Kier molecular flexibility index (Phi) is 4.99. The molecule has 0 aliphatic rings. The Morgan fingerprint density at radius 1 is 1.08 bits per heavy atom. The highest BCUT2D eigenvalue weighted by molar-refractivity contribution is 7.99. The van der Waals surface area contributed by atoms with Gasteiger partial charge >= 0.3 is 0 Å². The Balaban J connectivity index is 1.70. The van der Waals surface area contributed by atoms with E-state index in [1.54, 1.807) is 12.1 Å². The third kappa shape index (κ3) is 3.96. The zero-order chi connectivity index (χ0) is 18.0. The fraction of sp³-hybridized carbons (Fsp3) is 0.211. The zero-order valence-electron chi connectivity index (χ0n) is 14.2. The second-order valence-corrected chi connectivity index (χ2v) is 6.79. The molecule has 0 N–H and O–H groups in total. The second-order valence-electron chi connectivity index (χ2n) is 5.87. The molecule has 0 atom stereocenters. The standard InChI is InChI=1S/C19H17FN2O2S/c1-11-8-12(2)17(13(3)9-11)16(23)10-25-19-22-21-18(24-19)14-4-6-15(20)7-5-14/h4-9H,10H2,1-3H3. The molecule has 6 heteroatoms. The summed E-state index contributed by atoms with van der Waals surface area (Å²) in [5, 5.41) is 8.20. The fourth-order valence-corrected chi connectivity index (χ4v) is 3.43. The molecule has 128 valence electrons. The van der Waals surface area contributed by atoms with Crippen molar-refractivity contribution in [2.45, 2.75) is 26.0 Å². The molecule has 3 rings (SSSR count). The van der Waals surface area contributed by atoms with Crippen molar-refractivity contribution in [3.05, 3.63) is 64.5 Å². The van der Waals surface area contributed by atoms with Gasteiger partial charge in [-0.25, -0.2) is 4.39 Å². The van der Waals surface area contributed by atoms with Gasteiger partial charge in [-0.15, -0.1) is 10.2 Å². The molecular formula is C19H17FN2O2S. The molecule has 0 aliphatic heterocycles. The van der Waals surface area contributed by atoms with E-state index in [9.17, 15) is 9.18 Å². The van der Waals surface area contributed by atoms with Crippen molar-refractivity contribution in [1.29, 1.82) is 0 Å². The van der Waals surface area contributed by atoms with Crippen LogP contribution in [0.5, 0.6) is 0 Å². The van der Waals surface area contributed by atoms with Crippen LogP contribution in [0.2, 0.25) is 0 Å². The van der Waals surface area contributed by atoms with Crippen LogP contribution in [0.3, 0.4) is 0 Å². The number of carbonyl (C=O) groups excluding carboxylic acids is 1. The minimum absolute atomic E-state index is 0.0292. The van der Waals surface area contributed by atoms with Gasteiger partial charge in [0.2, 0.25) is 5.89 Å². The Morgan fingerprint density at radius 3 is 2.36 bits per heavy atom. The van der Waals surface area contributed by atoms with Crippen LogP contribution < -0.4 is 0 Å². The maximum absolute atomic E-state index is 13.0. The van der Waals surface area contributed by atoms with Crippen LogP contribution in [0.4, 0.5) is 4.39 Å². The van der Waals surface area contributed by atoms with E-state index in [0.717, 1.165) is 22.3 Å². The van der Waals surface area contributed by atoms with Crippen LogP contribution in [-0.2, 0) is 0 Å². The highest BCUT2D eigenvalue weighted by atomic mass is 32.2. The maximum atomic E-state index is 13.0. The average molecular weight is 356 g/mol. The number of hydrogen-bond donors (Lipinski definition) is 0. The summed E-state index contributed by atoms with van der Waals surface area (Å²) in [6.45, 7) is 5.90. The van der Waals surface area contributed by atoms with Crippen molar-refractivity contribution >= 4 is 17.5 Å². The third-order valence-corrected chi connectivity index (χ3v) is 4.60. The van der Waals surface area contributed by atoms with E-state index >= 15 is 0 Å². The molecule has 0 fully saturated rings. The number of aryl methyl sites for hydroxylation is 3. The van der Waals surface area contributed by atoms with Crippen LogP contribution in [0.15, 0.2) is 46.0 Å². The number of ketones is 1. The van der Waals surface area contributed by atoms with E-state index in [2.05, 4.69) is 10.2 Å². The molecule has 2 aromatic carbocycles. The molecule has 25 heavy (non-hydrogen) atoms. The van der Waals surface area contributed by atoms with Crippen molar-refractivity contribution < 1.29 is 13.6 Å². The van der Waals surface area contributed by atoms with E-state index in [1.165, 1.54) is 23.9 Å². The topological polar surface area (TPSA) is 56.0 Å². The first-order valence-corrected chi connectivity index (χ1v) is 8.76. The molecular weight excluding hydrogens is 339 g/mol. The minimum atomic E-state index is -0.327. The van der Waals surface area contributed by atoms with E-state index in [1.807, 2.05) is 32.9 Å². The number of nitrogens with zero attached hydrogens (tertiary/aromatic N) is 2. The van der Waals surface area contributed by atoms with Crippen molar-refractivity contribution in [2.75, 3.05) is 5.75 Å². The molecule has 0 bridgehead atoms. The predicted molar refractivity (Wildman–Crippen MR) is 95.4 cm³/mol. The minimum Gasteiger partial charge on any atom is -0.411 e. The number of carbonyl (C=O) groups is 1. The SMILES string of the molecule is Cc1cc(C)c(C(=O)CSc2nnc(-c3ccc(F)cc3)o2)c(C)c1. The molecule has 0 saturated carbocycles. The lowest BCUT2D eigenvalue weighted by molar-refractivity contribution is 0.102. The Labute approximate surface area is 149 Å². The molecule has 1 aromatic heterocycles. The molecule has 1 heterocycles. The average Bonchev–Trinajstić information content (AvgIpc) is 3.01. The number of thioether (sulfide) groups is 1. The Morgan fingerprint density at radius 2 is 1.72 bits per heavy atom. The molecule has 0 unspecified atom stereocenters. The van der Waals surface area contributed by atoms with Gasteiger partial charge < -0.3 is 4.42 Å². The summed E-state index contributed by atoms with van der Waals surface area (Å²) in [7, 11) is 0. The maximum Gasteiger partial charge on any atom is 0.277 e. The Bertz CT molecular complexity index is 896. The lowest BCUT2D eigenvalue weighted by Crippen LogP contribution is -2.07. The predicted octanol–water partition coefficient (Wildman–Crippen LogP) is 4.78. The van der Waals surface area contributed by atoms with Gasteiger partial charge in [-0.3, -0.25) is 4.79 Å². The number of benzene rings is 2. The van der Waals surface area contributed by atoms with E-state index in [4.69, 9.17) is 4.42 Å². The van der Waals surface area contributed by atoms with Gasteiger partial charge in [0.1, 0.15) is 5.82 Å². The van der Waals surface area contributed by atoms with Crippen molar-refractivity contribution in [3.63, 3.8) is 0 Å². The van der Waals surface area contributed by atoms with Crippen molar-refractivity contribution in [1.82, 2.24) is 10.2 Å². The van der Waals surface area contributed by atoms with Crippen LogP contribution in [-0.4, -0.2) is 21.7 Å². The van der Waals surface area contributed by atoms with Gasteiger partial charge in [-0.2, -0.15) is 0 Å². The third-order valence-electron chi connectivity index (χ3n) is 3.78. The van der Waals surface area contributed by atoms with Gasteiger partial charge in [-0.1, -0.05) is 29.5 Å². The summed E-state index contributed by atoms with van der Waals surface area (Å²) in [6, 6.07) is 9.81. The summed E-state index contributed by atoms with van der Waals surface area (Å²) in [4.78, 5) is 12.5. The van der Waals surface area contributed by atoms with Gasteiger partial charge in [0.25, 0.3) is 5.22 Å². The second kappa shape index (κ2) is 7.19. The van der Waals surface area contributed by atoms with Gasteiger partial charge in [0.15, 0.2) is 5.78 Å². The van der Waals surface area contributed by atoms with Crippen molar-refractivity contribution in [3.8, 4) is 11.5 Å². The molecule has 3 aromatic rings. The molecule has 0 amide bonds. The first kappa shape index (κ1) is 17.4. The molecule has 0 spiro atoms. The lowest BCUT2D eigenvalue weighted by Gasteiger charge is -2.09. The normalized spacial score (nSPS) is 10.9. The van der Waals surface area contributed by atoms with Gasteiger partial charge in [0, 0.05) is 11.1 Å². The van der Waals surface area contributed by atoms with Gasteiger partial charge in [0.05, 0.1) is 5.75 Å². The molecule has 0 radical (unpaired) electrons. The quantitative estimate of drug-likeness (QED) is 0.486. The number of rotatable bonds is 5. The fourth-order valence-electron chi connectivity index (χ4n) is 2.80. The van der Waals surface area contributed by atoms with Crippen LogP contribution in [0.25, 0.3) is 11.5 Å². The van der Waals surface area contributed by atoms with Crippen LogP contribution in [0.1, 0.15) is 27.0 Å². The molecule has 4 nitrogen and oxygen atoms in total. The summed E-state index contributed by atoms with van der Waals surface area (Å²) in [5.74, 6) is 0.224. The van der Waals surface area contributed by atoms with E-state index in [-0.39, 0.29) is 17.4 Å². The monoisotopic (exact) mass is 356 g/mol. The highest BCUT2D eigenvalue weighted by Crippen LogP contribution is 2.25. The lowest BCUT2D eigenvalue weighted by atomic mass is 9.97. The number of aromatic nitrogens is 2. The van der Waals surface area contributed by atoms with Crippen molar-refractivity contribution in [2.24, 2.45) is 0 Å². The molecule has 0 saturated heterocycles. The number of hydrogen-bond acceptors (Lipinski definition) is 5. The summed E-state index contributed by atoms with van der Waals surface area (Å²) < 4.78 is 18.5. The zero-order valence-corrected chi connectivity index (χ0v) is 15.0. The van der Waals surface area contributed by atoms with E-state index in [0.29, 0.717) is 16.7 Å². The van der Waals surface area contributed by atoms with Gasteiger partial charge in [-0.05, 0) is 56.2 Å². The summed E-state index contributed by atoms with van der Waals surface area (Å²) in [6.07, 6.45) is 0. The number of halogens is 1. The first-order chi connectivity index (χ1) is 11.9. The number of Topliss-reactive ketones (excluding diaryl/α,β-unsaturated/α-hetero) is 1. The highest BCUT2D eigenvalue weighted by Gasteiger charge is 2.16. The molecule has 0 aliphatic carbocycles. The first-order valence-electron chi connectivity index (χ1n) is 7.77. The van der Waals surface area contributed by atoms with E-state index < -0.39 is 0 Å². The smallest absolute Gasteiger partial charge is 0.277 e. The largest absolute Gasteiger partial charge is 0.411 e. The summed E-state index contributed by atoms with van der Waals surface area (Å²) in [5.41, 5.74) is 4.47. The Hall–Kier alpha value is -2.47. The van der Waals surface area contributed by atoms with Crippen LogP contribution in [0, 0.1) is 26.6 Å². The van der Waals surface area contributed by atoms with Crippen LogP contribution >= 0.6 is 11.8 Å².